The number of nitrogens with zero attached hydrogens (tertiary/aromatic N) is 3. The first-order valence-corrected chi connectivity index (χ1v) is 11.8. The molecule has 0 spiro atoms. The third kappa shape index (κ3) is 5.83. The molecule has 1 aromatic carbocycles. The summed E-state index contributed by atoms with van der Waals surface area (Å²) in [6.07, 6.45) is 7.61. The lowest BCUT2D eigenvalue weighted by Gasteiger charge is -2.26. The van der Waals surface area contributed by atoms with E-state index in [0.717, 1.165) is 66.6 Å². The molecule has 1 saturated heterocycles. The van der Waals surface area contributed by atoms with Crippen LogP contribution in [0.1, 0.15) is 32.1 Å². The smallest absolute Gasteiger partial charge is 0.264 e. The van der Waals surface area contributed by atoms with Gasteiger partial charge >= 0.3 is 0 Å². The van der Waals surface area contributed by atoms with Gasteiger partial charge in [-0.2, -0.15) is 0 Å². The third-order valence-corrected chi connectivity index (χ3v) is 6.57. The number of aliphatic imine (C=N–C) groups is 2. The van der Waals surface area contributed by atoms with Crippen molar-refractivity contribution in [1.29, 1.82) is 0 Å². The average Bonchev–Trinajstić information content (AvgIpc) is 3.25. The highest BCUT2D eigenvalue weighted by atomic mass is 32.1. The minimum Gasteiger partial charge on any atom is -0.497 e. The molecule has 0 saturated carbocycles. The van der Waals surface area contributed by atoms with E-state index in [4.69, 9.17) is 9.73 Å². The molecule has 0 atom stereocenters. The van der Waals surface area contributed by atoms with Crippen molar-refractivity contribution in [2.45, 2.75) is 19.4 Å². The molecular formula is C24H29N5O2S. The summed E-state index contributed by atoms with van der Waals surface area (Å²) in [6, 6.07) is 10.1. The minimum absolute atomic E-state index is 0.116. The fourth-order valence-corrected chi connectivity index (χ4v) is 4.70. The summed E-state index contributed by atoms with van der Waals surface area (Å²) >= 11 is 1.55. The second kappa shape index (κ2) is 11.1. The van der Waals surface area contributed by atoms with Gasteiger partial charge in [0.05, 0.1) is 18.5 Å². The zero-order chi connectivity index (χ0) is 22.2. The van der Waals surface area contributed by atoms with Gasteiger partial charge in [0.2, 0.25) is 5.96 Å². The third-order valence-electron chi connectivity index (χ3n) is 5.44. The molecule has 0 unspecified atom stereocenters. The van der Waals surface area contributed by atoms with Crippen molar-refractivity contribution in [2.75, 3.05) is 39.8 Å². The molecule has 3 heterocycles. The first-order valence-electron chi connectivity index (χ1n) is 11.0. The van der Waals surface area contributed by atoms with Crippen LogP contribution >= 0.6 is 11.3 Å². The Hall–Kier alpha value is -2.97. The maximum atomic E-state index is 12.9. The normalized spacial score (nSPS) is 17.3. The predicted molar refractivity (Wildman–Crippen MR) is 131 cm³/mol. The minimum atomic E-state index is 0.116. The molecule has 168 valence electrons. The largest absolute Gasteiger partial charge is 0.497 e. The van der Waals surface area contributed by atoms with Gasteiger partial charge < -0.3 is 20.3 Å². The number of carbonyl (C=O) groups excluding carboxylic acids is 1. The molecule has 32 heavy (non-hydrogen) atoms. The Bertz CT molecular complexity index is 1000. The van der Waals surface area contributed by atoms with Gasteiger partial charge in [-0.15, -0.1) is 11.3 Å². The summed E-state index contributed by atoms with van der Waals surface area (Å²) in [7, 11) is 1.67. The molecule has 0 bridgehead atoms. The van der Waals surface area contributed by atoms with Crippen LogP contribution < -0.4 is 15.4 Å². The summed E-state index contributed by atoms with van der Waals surface area (Å²) in [5, 5.41) is 6.64. The van der Waals surface area contributed by atoms with E-state index in [1.807, 2.05) is 29.3 Å². The molecule has 0 aliphatic carbocycles. The van der Waals surface area contributed by atoms with Crippen molar-refractivity contribution < 1.29 is 9.53 Å². The maximum Gasteiger partial charge on any atom is 0.264 e. The SMILES string of the molecule is COc1ccc(CCNC2=NCc3cc(C(=O)N4CCNCC4)sc3/C=C\CC=N2)cc1. The number of hydrogen-bond donors (Lipinski definition) is 2. The number of piperazine rings is 1. The Morgan fingerprint density at radius 2 is 2.06 bits per heavy atom. The number of methoxy groups -OCH3 is 1. The quantitative estimate of drug-likeness (QED) is 0.733. The fourth-order valence-electron chi connectivity index (χ4n) is 3.63. The lowest BCUT2D eigenvalue weighted by atomic mass is 10.1. The van der Waals surface area contributed by atoms with E-state index >= 15 is 0 Å². The lowest BCUT2D eigenvalue weighted by Crippen LogP contribution is -2.46. The molecule has 1 fully saturated rings. The standard InChI is InChI=1S/C24H29N5O2S/c1-31-20-7-5-18(6-8-20)9-11-27-24-26-10-3-2-4-21-19(17-28-24)16-22(32-21)23(30)29-14-12-25-13-15-29/h2,4-8,10,16,25H,3,9,11-15,17H2,1H3,(H,27,28)/b4-2-,26-10?. The number of rotatable bonds is 5. The van der Waals surface area contributed by atoms with Crippen molar-refractivity contribution in [2.24, 2.45) is 9.98 Å². The summed E-state index contributed by atoms with van der Waals surface area (Å²) < 4.78 is 5.21. The Balaban J connectivity index is 1.41. The lowest BCUT2D eigenvalue weighted by molar-refractivity contribution is 0.0740. The molecule has 2 aromatic rings. The molecule has 8 heteroatoms. The van der Waals surface area contributed by atoms with E-state index in [1.54, 1.807) is 18.4 Å². The van der Waals surface area contributed by atoms with Gasteiger partial charge in [-0.05, 0) is 41.8 Å². The zero-order valence-electron chi connectivity index (χ0n) is 18.3. The Labute approximate surface area is 192 Å². The van der Waals surface area contributed by atoms with Crippen LogP contribution in [0.3, 0.4) is 0 Å². The second-order valence-electron chi connectivity index (χ2n) is 7.66. The van der Waals surface area contributed by atoms with Crippen LogP contribution in [-0.4, -0.2) is 62.8 Å². The number of guanidine groups is 1. The fraction of sp³-hybridized carbons (Fsp3) is 0.375. The number of ether oxygens (including phenoxy) is 1. The van der Waals surface area contributed by atoms with E-state index in [0.29, 0.717) is 12.5 Å². The van der Waals surface area contributed by atoms with Crippen LogP contribution in [0.4, 0.5) is 0 Å². The van der Waals surface area contributed by atoms with Gasteiger partial charge in [-0.25, -0.2) is 9.98 Å². The van der Waals surface area contributed by atoms with E-state index < -0.39 is 0 Å². The van der Waals surface area contributed by atoms with Gasteiger partial charge in [0.1, 0.15) is 5.75 Å². The molecule has 7 nitrogen and oxygen atoms in total. The summed E-state index contributed by atoms with van der Waals surface area (Å²) in [5.41, 5.74) is 2.29. The van der Waals surface area contributed by atoms with E-state index in [1.165, 1.54) is 5.56 Å². The van der Waals surface area contributed by atoms with Gasteiger partial charge in [-0.3, -0.25) is 4.79 Å². The van der Waals surface area contributed by atoms with Crippen LogP contribution in [0, 0.1) is 0 Å². The molecule has 1 aromatic heterocycles. The van der Waals surface area contributed by atoms with E-state index in [9.17, 15) is 4.79 Å². The summed E-state index contributed by atoms with van der Waals surface area (Å²) in [6.45, 7) is 4.44. The first-order chi connectivity index (χ1) is 15.7. The Morgan fingerprint density at radius 3 is 2.84 bits per heavy atom. The van der Waals surface area contributed by atoms with Gasteiger partial charge in [0, 0.05) is 50.2 Å². The van der Waals surface area contributed by atoms with Crippen LogP contribution in [0.2, 0.25) is 0 Å². The van der Waals surface area contributed by atoms with Crippen molar-refractivity contribution in [3.8, 4) is 5.75 Å². The number of hydrogen-bond acceptors (Lipinski definition) is 7. The van der Waals surface area contributed by atoms with Crippen molar-refractivity contribution in [3.05, 3.63) is 57.3 Å². The number of carbonyl (C=O) groups is 1. The molecule has 2 aliphatic heterocycles. The van der Waals surface area contributed by atoms with Gasteiger partial charge in [0.15, 0.2) is 0 Å². The van der Waals surface area contributed by atoms with Crippen LogP contribution in [0.15, 0.2) is 46.4 Å². The van der Waals surface area contributed by atoms with Gasteiger partial charge in [0.25, 0.3) is 5.91 Å². The highest BCUT2D eigenvalue weighted by Gasteiger charge is 2.21. The number of fused-ring (bicyclic) bond motifs is 1. The predicted octanol–water partition coefficient (Wildman–Crippen LogP) is 2.98. The molecule has 2 aliphatic rings. The molecule has 0 radical (unpaired) electrons. The highest BCUT2D eigenvalue weighted by Crippen LogP contribution is 2.27. The zero-order valence-corrected chi connectivity index (χ0v) is 19.2. The molecule has 4 rings (SSSR count). The van der Waals surface area contributed by atoms with Gasteiger partial charge in [-0.1, -0.05) is 18.2 Å². The van der Waals surface area contributed by atoms with Crippen LogP contribution in [0.25, 0.3) is 6.08 Å². The van der Waals surface area contributed by atoms with Crippen molar-refractivity contribution in [3.63, 3.8) is 0 Å². The molecular weight excluding hydrogens is 422 g/mol. The number of allylic oxidation sites excluding steroid dienone is 1. The van der Waals surface area contributed by atoms with Crippen molar-refractivity contribution >= 4 is 35.5 Å². The van der Waals surface area contributed by atoms with E-state index in [2.05, 4.69) is 39.9 Å². The highest BCUT2D eigenvalue weighted by molar-refractivity contribution is 7.15. The Kier molecular flexibility index (Phi) is 7.68. The first kappa shape index (κ1) is 22.2. The van der Waals surface area contributed by atoms with Crippen molar-refractivity contribution in [1.82, 2.24) is 15.5 Å². The maximum absolute atomic E-state index is 12.9. The molecule has 2 N–H and O–H groups in total. The van der Waals surface area contributed by atoms with E-state index in [-0.39, 0.29) is 5.91 Å². The van der Waals surface area contributed by atoms with Crippen LogP contribution in [0.5, 0.6) is 5.75 Å². The summed E-state index contributed by atoms with van der Waals surface area (Å²) in [5.74, 6) is 1.60. The topological polar surface area (TPSA) is 78.3 Å². The number of thiophene rings is 1. The number of nitrogens with one attached hydrogen (secondary N) is 2. The second-order valence-corrected chi connectivity index (χ2v) is 8.74. The number of benzene rings is 1. The average molecular weight is 452 g/mol. The molecule has 1 amide bonds. The monoisotopic (exact) mass is 451 g/mol. The Morgan fingerprint density at radius 1 is 1.25 bits per heavy atom. The van der Waals surface area contributed by atoms with Crippen LogP contribution in [-0.2, 0) is 13.0 Å². The summed E-state index contributed by atoms with van der Waals surface area (Å²) in [4.78, 5) is 25.9. The number of amides is 1.